The Morgan fingerprint density at radius 3 is 2.15 bits per heavy atom. The predicted molar refractivity (Wildman–Crippen MR) is 132 cm³/mol. The van der Waals surface area contributed by atoms with E-state index in [2.05, 4.69) is 5.32 Å². The van der Waals surface area contributed by atoms with Gasteiger partial charge in [-0.3, -0.25) is 9.10 Å². The predicted octanol–water partition coefficient (Wildman–Crippen LogP) is 4.51. The van der Waals surface area contributed by atoms with Crippen LogP contribution in [0.25, 0.3) is 0 Å². The van der Waals surface area contributed by atoms with Crippen LogP contribution in [0.15, 0.2) is 65.6 Å². The van der Waals surface area contributed by atoms with Crippen LogP contribution >= 0.6 is 11.6 Å². The minimum Gasteiger partial charge on any atom is -0.497 e. The maximum Gasteiger partial charge on any atom is 0.268 e. The minimum atomic E-state index is -4.18. The van der Waals surface area contributed by atoms with Crippen molar-refractivity contribution in [1.29, 1.82) is 0 Å². The van der Waals surface area contributed by atoms with Crippen LogP contribution in [-0.2, 0) is 14.8 Å². The average molecular weight is 505 g/mol. The second kappa shape index (κ2) is 10.7. The van der Waals surface area contributed by atoms with Gasteiger partial charge >= 0.3 is 0 Å². The highest BCUT2D eigenvalue weighted by Crippen LogP contribution is 2.32. The lowest BCUT2D eigenvalue weighted by Gasteiger charge is -2.25. The van der Waals surface area contributed by atoms with Crippen molar-refractivity contribution >= 4 is 38.9 Å². The van der Waals surface area contributed by atoms with Crippen LogP contribution in [0.2, 0.25) is 5.02 Å². The van der Waals surface area contributed by atoms with Gasteiger partial charge in [0.2, 0.25) is 5.91 Å². The Kier molecular flexibility index (Phi) is 7.90. The maximum atomic E-state index is 13.7. The van der Waals surface area contributed by atoms with Gasteiger partial charge in [-0.15, -0.1) is 0 Å². The van der Waals surface area contributed by atoms with Crippen molar-refractivity contribution < 1.29 is 27.4 Å². The summed E-state index contributed by atoms with van der Waals surface area (Å²) in [5.74, 6) is 0.610. The van der Waals surface area contributed by atoms with Crippen LogP contribution in [0, 0.1) is 6.92 Å². The number of amides is 1. The molecule has 8 nitrogen and oxygen atoms in total. The monoisotopic (exact) mass is 504 g/mol. The van der Waals surface area contributed by atoms with E-state index in [9.17, 15) is 13.2 Å². The number of carbonyl (C=O) groups excluding carboxylic acids is 1. The molecule has 1 amide bonds. The lowest BCUT2D eigenvalue weighted by atomic mass is 10.2. The number of halogens is 1. The molecular formula is C24H25ClN2O6S. The minimum absolute atomic E-state index is 0.0499. The second-order valence-corrected chi connectivity index (χ2v) is 9.50. The third-order valence-electron chi connectivity index (χ3n) is 4.97. The van der Waals surface area contributed by atoms with Gasteiger partial charge in [-0.2, -0.15) is 0 Å². The van der Waals surface area contributed by atoms with Gasteiger partial charge < -0.3 is 19.5 Å². The van der Waals surface area contributed by atoms with Gasteiger partial charge in [0.15, 0.2) is 0 Å². The number of nitrogens with one attached hydrogen (secondary N) is 1. The summed E-state index contributed by atoms with van der Waals surface area (Å²) in [4.78, 5) is 12.9. The van der Waals surface area contributed by atoms with E-state index in [1.54, 1.807) is 55.5 Å². The summed E-state index contributed by atoms with van der Waals surface area (Å²) >= 11 is 6.14. The van der Waals surface area contributed by atoms with Gasteiger partial charge in [0.1, 0.15) is 28.7 Å². The van der Waals surface area contributed by atoms with E-state index in [4.69, 9.17) is 25.8 Å². The molecule has 0 spiro atoms. The van der Waals surface area contributed by atoms with E-state index >= 15 is 0 Å². The molecule has 3 rings (SSSR count). The summed E-state index contributed by atoms with van der Waals surface area (Å²) in [6, 6.07) is 15.9. The SMILES string of the molecule is COc1ccc(N(CC(=O)Nc2ccc(OC)c(Cl)c2)S(=O)(=O)c2cc(C)ccc2OC)cc1. The molecule has 0 fully saturated rings. The molecule has 0 saturated heterocycles. The fraction of sp³-hybridized carbons (Fsp3) is 0.208. The van der Waals surface area contributed by atoms with Crippen molar-refractivity contribution in [3.8, 4) is 17.2 Å². The first-order chi connectivity index (χ1) is 16.2. The molecule has 180 valence electrons. The summed E-state index contributed by atoms with van der Waals surface area (Å²) < 4.78 is 44.1. The van der Waals surface area contributed by atoms with Crippen LogP contribution in [0.4, 0.5) is 11.4 Å². The highest BCUT2D eigenvalue weighted by molar-refractivity contribution is 7.93. The number of carbonyl (C=O) groups is 1. The van der Waals surface area contributed by atoms with E-state index in [0.29, 0.717) is 22.2 Å². The number of methoxy groups -OCH3 is 3. The van der Waals surface area contributed by atoms with Crippen molar-refractivity contribution in [2.75, 3.05) is 37.5 Å². The molecule has 0 aliphatic carbocycles. The first-order valence-corrected chi connectivity index (χ1v) is 12.0. The highest BCUT2D eigenvalue weighted by Gasteiger charge is 2.30. The number of hydrogen-bond acceptors (Lipinski definition) is 6. The lowest BCUT2D eigenvalue weighted by molar-refractivity contribution is -0.114. The number of aryl methyl sites for hydroxylation is 1. The van der Waals surface area contributed by atoms with Crippen molar-refractivity contribution in [1.82, 2.24) is 0 Å². The topological polar surface area (TPSA) is 94.2 Å². The molecule has 0 aromatic heterocycles. The zero-order valence-corrected chi connectivity index (χ0v) is 20.7. The Hall–Kier alpha value is -3.43. The van der Waals surface area contributed by atoms with Crippen LogP contribution in [0.5, 0.6) is 17.2 Å². The summed E-state index contributed by atoms with van der Waals surface area (Å²) in [6.07, 6.45) is 0. The molecule has 10 heteroatoms. The molecule has 0 radical (unpaired) electrons. The van der Waals surface area contributed by atoms with Gasteiger partial charge in [-0.05, 0) is 67.1 Å². The van der Waals surface area contributed by atoms with Crippen LogP contribution in [0.1, 0.15) is 5.56 Å². The molecule has 0 bridgehead atoms. The third-order valence-corrected chi connectivity index (χ3v) is 7.06. The molecule has 0 aliphatic rings. The molecule has 3 aromatic rings. The molecule has 34 heavy (non-hydrogen) atoms. The van der Waals surface area contributed by atoms with Gasteiger partial charge in [0, 0.05) is 5.69 Å². The zero-order valence-electron chi connectivity index (χ0n) is 19.2. The van der Waals surface area contributed by atoms with Crippen molar-refractivity contribution in [2.24, 2.45) is 0 Å². The normalized spacial score (nSPS) is 11.0. The molecule has 0 heterocycles. The number of hydrogen-bond donors (Lipinski definition) is 1. The average Bonchev–Trinajstić information content (AvgIpc) is 2.82. The number of anilines is 2. The van der Waals surface area contributed by atoms with Crippen molar-refractivity contribution in [3.05, 3.63) is 71.2 Å². The standard InChI is InChI=1S/C24H25ClN2O6S/c1-16-5-11-22(33-4)23(13-16)34(29,30)27(18-7-9-19(31-2)10-8-18)15-24(28)26-17-6-12-21(32-3)20(25)14-17/h5-14H,15H2,1-4H3,(H,26,28). The third kappa shape index (κ3) is 5.55. The maximum absolute atomic E-state index is 13.7. The quantitative estimate of drug-likeness (QED) is 0.461. The number of sulfonamides is 1. The van der Waals surface area contributed by atoms with Gasteiger partial charge in [0.25, 0.3) is 10.0 Å². The first kappa shape index (κ1) is 25.2. The van der Waals surface area contributed by atoms with Crippen LogP contribution < -0.4 is 23.8 Å². The van der Waals surface area contributed by atoms with Crippen molar-refractivity contribution in [3.63, 3.8) is 0 Å². The largest absolute Gasteiger partial charge is 0.497 e. The van der Waals surface area contributed by atoms with Gasteiger partial charge in [-0.25, -0.2) is 8.42 Å². The Bertz CT molecular complexity index is 1280. The fourth-order valence-electron chi connectivity index (χ4n) is 3.24. The number of benzene rings is 3. The molecule has 0 unspecified atom stereocenters. The van der Waals surface area contributed by atoms with Crippen LogP contribution in [-0.4, -0.2) is 42.2 Å². The van der Waals surface area contributed by atoms with Gasteiger partial charge in [-0.1, -0.05) is 17.7 Å². The van der Waals surface area contributed by atoms with E-state index in [1.165, 1.54) is 33.5 Å². The fourth-order valence-corrected chi connectivity index (χ4v) is 5.16. The molecule has 0 saturated carbocycles. The molecule has 0 atom stereocenters. The molecular weight excluding hydrogens is 480 g/mol. The summed E-state index contributed by atoms with van der Waals surface area (Å²) in [5.41, 5.74) is 1.41. The van der Waals surface area contributed by atoms with Crippen molar-refractivity contribution in [2.45, 2.75) is 11.8 Å². The smallest absolute Gasteiger partial charge is 0.268 e. The zero-order chi connectivity index (χ0) is 24.9. The summed E-state index contributed by atoms with van der Waals surface area (Å²) in [5, 5.41) is 2.99. The van der Waals surface area contributed by atoms with E-state index in [1.807, 2.05) is 0 Å². The Balaban J connectivity index is 1.99. The summed E-state index contributed by atoms with van der Waals surface area (Å²) in [7, 11) is 0.197. The van der Waals surface area contributed by atoms with E-state index < -0.39 is 22.5 Å². The Morgan fingerprint density at radius 1 is 0.912 bits per heavy atom. The van der Waals surface area contributed by atoms with E-state index in [0.717, 1.165) is 9.87 Å². The number of ether oxygens (including phenoxy) is 3. The number of nitrogens with zero attached hydrogens (tertiary/aromatic N) is 1. The molecule has 1 N–H and O–H groups in total. The Labute approximate surface area is 204 Å². The van der Waals surface area contributed by atoms with E-state index in [-0.39, 0.29) is 16.3 Å². The van der Waals surface area contributed by atoms with Crippen LogP contribution in [0.3, 0.4) is 0 Å². The molecule has 0 aliphatic heterocycles. The number of rotatable bonds is 9. The highest BCUT2D eigenvalue weighted by atomic mass is 35.5. The second-order valence-electron chi connectivity index (χ2n) is 7.26. The lowest BCUT2D eigenvalue weighted by Crippen LogP contribution is -2.38. The first-order valence-electron chi connectivity index (χ1n) is 10.1. The van der Waals surface area contributed by atoms with Gasteiger partial charge in [0.05, 0.1) is 32.0 Å². The summed E-state index contributed by atoms with van der Waals surface area (Å²) in [6.45, 7) is 1.28. The molecule has 3 aromatic carbocycles. The Morgan fingerprint density at radius 2 is 1.56 bits per heavy atom.